The fraction of sp³-hybridized carbons (Fsp3) is 0. The second-order valence-corrected chi connectivity index (χ2v) is 9.24. The molecule has 0 amide bonds. The molecule has 0 aliphatic rings. The van der Waals surface area contributed by atoms with Crippen molar-refractivity contribution in [3.05, 3.63) is 140 Å². The van der Waals surface area contributed by atoms with Crippen molar-refractivity contribution in [2.75, 3.05) is 0 Å². The molecule has 174 valence electrons. The standard InChI is InChI=1S/C35H23NO/c1-3-9-24(10-4-1)26-13-7-14-27(21-26)28-17-18-30-31-15-8-16-32(35(31)37-34(30)23-28)33-22-29(19-20-36-33)25-11-5-2-6-12-25/h1-23H. The van der Waals surface area contributed by atoms with Crippen LogP contribution < -0.4 is 0 Å². The number of hydrogen-bond donors (Lipinski definition) is 0. The molecule has 7 rings (SSSR count). The lowest BCUT2D eigenvalue weighted by Crippen LogP contribution is -1.86. The van der Waals surface area contributed by atoms with E-state index in [-0.39, 0.29) is 0 Å². The zero-order chi connectivity index (χ0) is 24.6. The highest BCUT2D eigenvalue weighted by Crippen LogP contribution is 2.38. The predicted molar refractivity (Wildman–Crippen MR) is 153 cm³/mol. The maximum Gasteiger partial charge on any atom is 0.144 e. The van der Waals surface area contributed by atoms with Gasteiger partial charge in [-0.15, -0.1) is 0 Å². The molecule has 0 atom stereocenters. The summed E-state index contributed by atoms with van der Waals surface area (Å²) in [4.78, 5) is 4.70. The molecule has 37 heavy (non-hydrogen) atoms. The van der Waals surface area contributed by atoms with E-state index in [4.69, 9.17) is 9.40 Å². The Morgan fingerprint density at radius 2 is 1.05 bits per heavy atom. The number of aromatic nitrogens is 1. The number of para-hydroxylation sites is 1. The van der Waals surface area contributed by atoms with Gasteiger partial charge in [-0.1, -0.05) is 97.1 Å². The minimum absolute atomic E-state index is 0.866. The van der Waals surface area contributed by atoms with Crippen molar-refractivity contribution >= 4 is 21.9 Å². The third-order valence-corrected chi connectivity index (χ3v) is 6.94. The van der Waals surface area contributed by atoms with Gasteiger partial charge < -0.3 is 4.42 Å². The van der Waals surface area contributed by atoms with Gasteiger partial charge >= 0.3 is 0 Å². The number of furan rings is 1. The summed E-state index contributed by atoms with van der Waals surface area (Å²) in [6.45, 7) is 0. The molecular formula is C35H23NO. The highest BCUT2D eigenvalue weighted by molar-refractivity contribution is 6.10. The number of hydrogen-bond acceptors (Lipinski definition) is 2. The van der Waals surface area contributed by atoms with Gasteiger partial charge in [-0.05, 0) is 69.8 Å². The molecule has 0 saturated heterocycles. The van der Waals surface area contributed by atoms with E-state index in [1.165, 1.54) is 22.3 Å². The number of benzene rings is 5. The average Bonchev–Trinajstić information content (AvgIpc) is 3.36. The Balaban J connectivity index is 1.33. The van der Waals surface area contributed by atoms with Crippen LogP contribution in [0.25, 0.3) is 66.6 Å². The Morgan fingerprint density at radius 1 is 0.432 bits per heavy atom. The number of nitrogens with zero attached hydrogens (tertiary/aromatic N) is 1. The lowest BCUT2D eigenvalue weighted by atomic mass is 9.98. The van der Waals surface area contributed by atoms with E-state index in [9.17, 15) is 0 Å². The van der Waals surface area contributed by atoms with Crippen molar-refractivity contribution in [2.45, 2.75) is 0 Å². The van der Waals surface area contributed by atoms with Crippen LogP contribution in [0.3, 0.4) is 0 Å². The molecular weight excluding hydrogens is 450 g/mol. The topological polar surface area (TPSA) is 26.0 Å². The van der Waals surface area contributed by atoms with Crippen molar-refractivity contribution in [2.24, 2.45) is 0 Å². The molecule has 0 unspecified atom stereocenters. The molecule has 0 radical (unpaired) electrons. The third-order valence-electron chi connectivity index (χ3n) is 6.94. The molecule has 2 heterocycles. The van der Waals surface area contributed by atoms with Crippen LogP contribution in [0.5, 0.6) is 0 Å². The van der Waals surface area contributed by atoms with Crippen LogP contribution in [-0.2, 0) is 0 Å². The van der Waals surface area contributed by atoms with E-state index in [2.05, 4.69) is 115 Å². The average molecular weight is 474 g/mol. The van der Waals surface area contributed by atoms with Crippen LogP contribution in [0.2, 0.25) is 0 Å². The lowest BCUT2D eigenvalue weighted by molar-refractivity contribution is 0.670. The Kier molecular flexibility index (Phi) is 5.15. The summed E-state index contributed by atoms with van der Waals surface area (Å²) in [5.41, 5.74) is 10.7. The second kappa shape index (κ2) is 8.92. The molecule has 5 aromatic carbocycles. The van der Waals surface area contributed by atoms with E-state index in [1.807, 2.05) is 24.4 Å². The summed E-state index contributed by atoms with van der Waals surface area (Å²) in [7, 11) is 0. The SMILES string of the molecule is c1ccc(-c2cccc(-c3ccc4c(c3)oc3c(-c5cc(-c6ccccc6)ccn5)cccc34)c2)cc1. The van der Waals surface area contributed by atoms with Crippen LogP contribution in [0, 0.1) is 0 Å². The van der Waals surface area contributed by atoms with Crippen molar-refractivity contribution in [3.63, 3.8) is 0 Å². The van der Waals surface area contributed by atoms with Crippen LogP contribution in [0.4, 0.5) is 0 Å². The molecule has 7 aromatic rings. The fourth-order valence-corrected chi connectivity index (χ4v) is 5.08. The zero-order valence-electron chi connectivity index (χ0n) is 20.1. The van der Waals surface area contributed by atoms with Gasteiger partial charge in [-0.25, -0.2) is 0 Å². The van der Waals surface area contributed by atoms with Crippen molar-refractivity contribution < 1.29 is 4.42 Å². The Hall–Kier alpha value is -4.95. The molecule has 0 bridgehead atoms. The molecule has 2 aromatic heterocycles. The van der Waals surface area contributed by atoms with Gasteiger partial charge in [-0.2, -0.15) is 0 Å². The Bertz CT molecular complexity index is 1870. The maximum absolute atomic E-state index is 6.52. The highest BCUT2D eigenvalue weighted by Gasteiger charge is 2.14. The minimum Gasteiger partial charge on any atom is -0.455 e. The molecule has 0 N–H and O–H groups in total. The number of fused-ring (bicyclic) bond motifs is 3. The second-order valence-electron chi connectivity index (χ2n) is 9.24. The number of pyridine rings is 1. The summed E-state index contributed by atoms with van der Waals surface area (Å²) in [6, 6.07) is 46.5. The number of rotatable bonds is 4. The van der Waals surface area contributed by atoms with Crippen molar-refractivity contribution in [1.82, 2.24) is 4.98 Å². The molecule has 0 fully saturated rings. The molecule has 0 aliphatic heterocycles. The Morgan fingerprint density at radius 3 is 1.81 bits per heavy atom. The van der Waals surface area contributed by atoms with Gasteiger partial charge in [0.1, 0.15) is 11.2 Å². The smallest absolute Gasteiger partial charge is 0.144 e. The largest absolute Gasteiger partial charge is 0.455 e. The monoisotopic (exact) mass is 473 g/mol. The summed E-state index contributed by atoms with van der Waals surface area (Å²) >= 11 is 0. The molecule has 0 aliphatic carbocycles. The van der Waals surface area contributed by atoms with Gasteiger partial charge in [0.15, 0.2) is 0 Å². The molecule has 0 saturated carbocycles. The predicted octanol–water partition coefficient (Wildman–Crippen LogP) is 9.65. The van der Waals surface area contributed by atoms with Gasteiger partial charge in [0.05, 0.1) is 5.69 Å². The van der Waals surface area contributed by atoms with E-state index in [0.29, 0.717) is 0 Å². The highest BCUT2D eigenvalue weighted by atomic mass is 16.3. The fourth-order valence-electron chi connectivity index (χ4n) is 5.08. The van der Waals surface area contributed by atoms with Crippen molar-refractivity contribution in [3.8, 4) is 44.6 Å². The van der Waals surface area contributed by atoms with E-state index >= 15 is 0 Å². The first-order valence-electron chi connectivity index (χ1n) is 12.5. The third kappa shape index (κ3) is 3.89. The molecule has 2 heteroatoms. The first-order chi connectivity index (χ1) is 18.3. The lowest BCUT2D eigenvalue weighted by Gasteiger charge is -2.06. The van der Waals surface area contributed by atoms with E-state index < -0.39 is 0 Å². The minimum atomic E-state index is 0.866. The van der Waals surface area contributed by atoms with Crippen LogP contribution in [-0.4, -0.2) is 4.98 Å². The van der Waals surface area contributed by atoms with Crippen LogP contribution in [0.1, 0.15) is 0 Å². The van der Waals surface area contributed by atoms with Gasteiger partial charge in [-0.3, -0.25) is 4.98 Å². The van der Waals surface area contributed by atoms with Crippen LogP contribution in [0.15, 0.2) is 144 Å². The zero-order valence-corrected chi connectivity index (χ0v) is 20.1. The summed E-state index contributed by atoms with van der Waals surface area (Å²) < 4.78 is 6.52. The van der Waals surface area contributed by atoms with E-state index in [0.717, 1.165) is 44.3 Å². The normalized spacial score (nSPS) is 11.2. The molecule has 0 spiro atoms. The summed E-state index contributed by atoms with van der Waals surface area (Å²) in [6.07, 6.45) is 1.87. The quantitative estimate of drug-likeness (QED) is 0.254. The summed E-state index contributed by atoms with van der Waals surface area (Å²) in [5.74, 6) is 0. The van der Waals surface area contributed by atoms with Gasteiger partial charge in [0.25, 0.3) is 0 Å². The van der Waals surface area contributed by atoms with Gasteiger partial charge in [0, 0.05) is 22.5 Å². The van der Waals surface area contributed by atoms with Crippen molar-refractivity contribution in [1.29, 1.82) is 0 Å². The van der Waals surface area contributed by atoms with Crippen LogP contribution >= 0.6 is 0 Å². The summed E-state index contributed by atoms with van der Waals surface area (Å²) in [5, 5.41) is 2.21. The van der Waals surface area contributed by atoms with E-state index in [1.54, 1.807) is 0 Å². The first-order valence-corrected chi connectivity index (χ1v) is 12.5. The Labute approximate surface area is 215 Å². The molecule has 2 nitrogen and oxygen atoms in total. The maximum atomic E-state index is 6.52. The first kappa shape index (κ1) is 21.3. The van der Waals surface area contributed by atoms with Gasteiger partial charge in [0.2, 0.25) is 0 Å².